The molecule has 0 unspecified atom stereocenters. The first-order valence-corrected chi connectivity index (χ1v) is 17.1. The number of ether oxygens (including phenoxy) is 3. The summed E-state index contributed by atoms with van der Waals surface area (Å²) in [7, 11) is 1.59. The number of primary amides is 1. The predicted molar refractivity (Wildman–Crippen MR) is 194 cm³/mol. The van der Waals surface area contributed by atoms with Crippen molar-refractivity contribution in [3.8, 4) is 11.5 Å². The number of amides is 2. The van der Waals surface area contributed by atoms with Gasteiger partial charge in [0.05, 0.1) is 12.7 Å². The molecule has 2 amide bonds. The van der Waals surface area contributed by atoms with Crippen LogP contribution in [0, 0.1) is 5.82 Å². The van der Waals surface area contributed by atoms with Gasteiger partial charge < -0.3 is 35.9 Å². The van der Waals surface area contributed by atoms with Gasteiger partial charge in [-0.3, -0.25) is 9.59 Å². The maximum Gasteiger partial charge on any atom is 0.338 e. The van der Waals surface area contributed by atoms with Crippen LogP contribution in [-0.4, -0.2) is 61.6 Å². The third-order valence-electron chi connectivity index (χ3n) is 8.17. The molecule has 10 nitrogen and oxygen atoms in total. The molecule has 270 valence electrons. The number of carbonyl (C=O) groups is 3. The second-order valence-electron chi connectivity index (χ2n) is 12.3. The normalized spacial score (nSPS) is 12.1. The summed E-state index contributed by atoms with van der Waals surface area (Å²) in [4.78, 5) is 41.2. The average Bonchev–Trinajstić information content (AvgIpc) is 3.13. The molecule has 0 bridgehead atoms. The van der Waals surface area contributed by atoms with Crippen LogP contribution >= 0.6 is 0 Å². The highest BCUT2D eigenvalue weighted by Gasteiger charge is 2.26. The number of rotatable bonds is 19. The van der Waals surface area contributed by atoms with E-state index in [1.807, 2.05) is 68.4 Å². The molecule has 0 spiro atoms. The maximum atomic E-state index is 14.8. The Kier molecular flexibility index (Phi) is 14.5. The molecule has 0 aliphatic heterocycles. The Morgan fingerprint density at radius 1 is 0.804 bits per heavy atom. The minimum atomic E-state index is -0.909. The van der Waals surface area contributed by atoms with Crippen molar-refractivity contribution >= 4 is 17.8 Å². The summed E-state index contributed by atoms with van der Waals surface area (Å²) >= 11 is 0. The number of hydrogen-bond acceptors (Lipinski definition) is 8. The van der Waals surface area contributed by atoms with Crippen molar-refractivity contribution in [3.05, 3.63) is 130 Å². The summed E-state index contributed by atoms with van der Waals surface area (Å²) in [5.74, 6) is -1.36. The molecule has 0 radical (unpaired) electrons. The number of esters is 1. The molecule has 0 fully saturated rings. The Morgan fingerprint density at radius 2 is 1.47 bits per heavy atom. The Bertz CT molecular complexity index is 1760. The van der Waals surface area contributed by atoms with Crippen molar-refractivity contribution in [2.75, 3.05) is 26.7 Å². The van der Waals surface area contributed by atoms with Gasteiger partial charge in [0.2, 0.25) is 5.91 Å². The first-order valence-electron chi connectivity index (χ1n) is 17.1. The molecule has 0 aliphatic rings. The molecule has 0 saturated heterocycles. The lowest BCUT2D eigenvalue weighted by Crippen LogP contribution is -2.46. The molecule has 4 aromatic rings. The largest absolute Gasteiger partial charge is 0.497 e. The average molecular weight is 699 g/mol. The van der Waals surface area contributed by atoms with Gasteiger partial charge in [0.15, 0.2) is 0 Å². The number of hydrogen-bond donors (Lipinski definition) is 3. The number of benzene rings is 4. The Hall–Kier alpha value is -5.26. The van der Waals surface area contributed by atoms with Crippen molar-refractivity contribution in [1.29, 1.82) is 0 Å². The fourth-order valence-corrected chi connectivity index (χ4v) is 5.64. The fraction of sp³-hybridized carbons (Fsp3) is 0.325. The molecule has 4 rings (SSSR count). The van der Waals surface area contributed by atoms with Crippen LogP contribution in [0.5, 0.6) is 11.5 Å². The smallest absolute Gasteiger partial charge is 0.338 e. The quantitative estimate of drug-likeness (QED) is 0.106. The first-order chi connectivity index (χ1) is 24.6. The van der Waals surface area contributed by atoms with Gasteiger partial charge in [-0.2, -0.15) is 0 Å². The van der Waals surface area contributed by atoms with E-state index in [-0.39, 0.29) is 42.2 Å². The van der Waals surface area contributed by atoms with E-state index >= 15 is 0 Å². The maximum absolute atomic E-state index is 14.8. The van der Waals surface area contributed by atoms with Gasteiger partial charge >= 0.3 is 5.97 Å². The van der Waals surface area contributed by atoms with Crippen molar-refractivity contribution in [2.45, 2.75) is 58.4 Å². The van der Waals surface area contributed by atoms with E-state index in [9.17, 15) is 18.8 Å². The monoisotopic (exact) mass is 698 g/mol. The lowest BCUT2D eigenvalue weighted by Gasteiger charge is -2.25. The van der Waals surface area contributed by atoms with E-state index in [4.69, 9.17) is 25.7 Å². The van der Waals surface area contributed by atoms with Crippen LogP contribution < -0.4 is 26.3 Å². The zero-order valence-corrected chi connectivity index (χ0v) is 29.4. The summed E-state index contributed by atoms with van der Waals surface area (Å²) in [5.41, 5.74) is 14.8. The first kappa shape index (κ1) is 38.5. The highest BCUT2D eigenvalue weighted by molar-refractivity contribution is 6.03. The lowest BCUT2D eigenvalue weighted by molar-refractivity contribution is 0.0238. The molecule has 0 saturated carbocycles. The van der Waals surface area contributed by atoms with Gasteiger partial charge in [-0.05, 0) is 78.4 Å². The van der Waals surface area contributed by atoms with Crippen molar-refractivity contribution in [2.24, 2.45) is 11.5 Å². The number of methoxy groups -OCH3 is 1. The summed E-state index contributed by atoms with van der Waals surface area (Å²) in [6, 6.07) is 24.7. The topological polar surface area (TPSA) is 146 Å². The SMILES string of the molecule is CCCN(CCC)C(=O)c1cc(C(N)=O)cc(C(=O)O[C@H](CNCc2cccc(OC)c2)[C@@H](N)Cc2cc(F)cc(OCc3ccccc3)c2)c1. The van der Waals surface area contributed by atoms with E-state index in [2.05, 4.69) is 5.32 Å². The zero-order valence-electron chi connectivity index (χ0n) is 29.4. The van der Waals surface area contributed by atoms with E-state index in [1.165, 1.54) is 30.3 Å². The Morgan fingerprint density at radius 3 is 2.16 bits per heavy atom. The van der Waals surface area contributed by atoms with Gasteiger partial charge in [-0.25, -0.2) is 9.18 Å². The van der Waals surface area contributed by atoms with Gasteiger partial charge in [0, 0.05) is 49.4 Å². The second kappa shape index (κ2) is 19.2. The number of halogens is 1. The van der Waals surface area contributed by atoms with Crippen LogP contribution in [0.4, 0.5) is 4.39 Å². The number of carbonyl (C=O) groups excluding carboxylic acids is 3. The molecule has 0 aliphatic carbocycles. The van der Waals surface area contributed by atoms with Gasteiger partial charge in [-0.1, -0.05) is 56.3 Å². The minimum absolute atomic E-state index is 0.000498. The van der Waals surface area contributed by atoms with Crippen LogP contribution in [0.1, 0.15) is 74.5 Å². The molecule has 0 heterocycles. The molecule has 2 atom stereocenters. The summed E-state index contributed by atoms with van der Waals surface area (Å²) in [6.45, 7) is 5.77. The Balaban J connectivity index is 1.57. The molecule has 0 aromatic heterocycles. The molecular formula is C40H47FN4O6. The van der Waals surface area contributed by atoms with Crippen LogP contribution in [0.3, 0.4) is 0 Å². The predicted octanol–water partition coefficient (Wildman–Crippen LogP) is 5.66. The van der Waals surface area contributed by atoms with Crippen molar-refractivity contribution in [1.82, 2.24) is 10.2 Å². The third-order valence-corrected chi connectivity index (χ3v) is 8.17. The summed E-state index contributed by atoms with van der Waals surface area (Å²) in [6.07, 6.45) is 0.717. The van der Waals surface area contributed by atoms with Crippen LogP contribution in [0.25, 0.3) is 0 Å². The summed E-state index contributed by atoms with van der Waals surface area (Å²) < 4.78 is 31.9. The van der Waals surface area contributed by atoms with E-state index in [0.717, 1.165) is 24.0 Å². The van der Waals surface area contributed by atoms with E-state index < -0.39 is 29.8 Å². The summed E-state index contributed by atoms with van der Waals surface area (Å²) in [5, 5.41) is 3.29. The molecule has 5 N–H and O–H groups in total. The third kappa shape index (κ3) is 11.7. The molecule has 51 heavy (non-hydrogen) atoms. The number of nitrogens with zero attached hydrogens (tertiary/aromatic N) is 1. The van der Waals surface area contributed by atoms with E-state index in [1.54, 1.807) is 18.1 Å². The van der Waals surface area contributed by atoms with Crippen LogP contribution in [0.2, 0.25) is 0 Å². The number of nitrogens with two attached hydrogens (primary N) is 2. The lowest BCUT2D eigenvalue weighted by atomic mass is 10.0. The van der Waals surface area contributed by atoms with E-state index in [0.29, 0.717) is 36.7 Å². The zero-order chi connectivity index (χ0) is 36.8. The van der Waals surface area contributed by atoms with Crippen LogP contribution in [-0.2, 0) is 24.3 Å². The van der Waals surface area contributed by atoms with Crippen molar-refractivity contribution in [3.63, 3.8) is 0 Å². The molecule has 11 heteroatoms. The van der Waals surface area contributed by atoms with Gasteiger partial charge in [0.25, 0.3) is 5.91 Å². The second-order valence-corrected chi connectivity index (χ2v) is 12.3. The highest BCUT2D eigenvalue weighted by Crippen LogP contribution is 2.21. The highest BCUT2D eigenvalue weighted by atomic mass is 19.1. The van der Waals surface area contributed by atoms with Gasteiger partial charge in [-0.15, -0.1) is 0 Å². The van der Waals surface area contributed by atoms with Crippen molar-refractivity contribution < 1.29 is 33.0 Å². The van der Waals surface area contributed by atoms with Crippen LogP contribution in [0.15, 0.2) is 91.0 Å². The Labute approximate surface area is 298 Å². The van der Waals surface area contributed by atoms with Gasteiger partial charge in [0.1, 0.15) is 30.0 Å². The fourth-order valence-electron chi connectivity index (χ4n) is 5.64. The molecule has 4 aromatic carbocycles. The standard InChI is InChI=1S/C40H47FN4O6/c1-4-14-45(15-5-2)39(47)31-20-30(38(43)46)21-32(22-31)40(48)51-37(25-44-24-28-12-9-13-34(17-28)49-3)36(42)19-29-16-33(41)23-35(18-29)50-26-27-10-7-6-8-11-27/h6-13,16-18,20-23,36-37,44H,4-5,14-15,19,24-26,42H2,1-3H3,(H2,43,46)/t36-,37+/m0/s1. The minimum Gasteiger partial charge on any atom is -0.497 e. The molecular weight excluding hydrogens is 651 g/mol. The number of nitrogens with one attached hydrogen (secondary N) is 1.